The number of carbonyl (C=O) groups is 1. The predicted molar refractivity (Wildman–Crippen MR) is 82.2 cm³/mol. The Morgan fingerprint density at radius 3 is 2.71 bits per heavy atom. The van der Waals surface area contributed by atoms with Crippen LogP contribution in [0.4, 0.5) is 0 Å². The van der Waals surface area contributed by atoms with Gasteiger partial charge in [-0.15, -0.1) is 11.8 Å². The summed E-state index contributed by atoms with van der Waals surface area (Å²) in [7, 11) is 0. The van der Waals surface area contributed by atoms with Crippen LogP contribution in [0.25, 0.3) is 0 Å². The lowest BCUT2D eigenvalue weighted by Crippen LogP contribution is -2.30. The second kappa shape index (κ2) is 5.85. The van der Waals surface area contributed by atoms with Gasteiger partial charge in [-0.1, -0.05) is 12.1 Å². The molecule has 1 unspecified atom stereocenters. The van der Waals surface area contributed by atoms with Crippen LogP contribution in [0.15, 0.2) is 40.8 Å². The van der Waals surface area contributed by atoms with Crippen LogP contribution in [-0.2, 0) is 11.2 Å². The van der Waals surface area contributed by atoms with Crippen molar-refractivity contribution in [2.75, 3.05) is 12.3 Å². The molecule has 1 aliphatic heterocycles. The van der Waals surface area contributed by atoms with Gasteiger partial charge in [-0.25, -0.2) is 0 Å². The molecule has 0 aliphatic carbocycles. The number of thioether (sulfide) groups is 1. The molecule has 0 spiro atoms. The summed E-state index contributed by atoms with van der Waals surface area (Å²) < 4.78 is 5.67. The Hall–Kier alpha value is -1.88. The van der Waals surface area contributed by atoms with Crippen LogP contribution in [0.1, 0.15) is 22.5 Å². The quantitative estimate of drug-likeness (QED) is 0.943. The Kier molecular flexibility index (Phi) is 3.92. The largest absolute Gasteiger partial charge is 0.508 e. The Balaban J connectivity index is 1.70. The molecule has 1 saturated heterocycles. The van der Waals surface area contributed by atoms with Gasteiger partial charge in [-0.3, -0.25) is 4.79 Å². The van der Waals surface area contributed by atoms with Crippen LogP contribution in [0.5, 0.6) is 5.75 Å². The lowest BCUT2D eigenvalue weighted by molar-refractivity contribution is -0.128. The summed E-state index contributed by atoms with van der Waals surface area (Å²) in [5.41, 5.74) is 1.10. The highest BCUT2D eigenvalue weighted by atomic mass is 32.2. The third-order valence-corrected chi connectivity index (χ3v) is 4.77. The Morgan fingerprint density at radius 1 is 1.29 bits per heavy atom. The Bertz CT molecular complexity index is 635. The number of phenolic OH excluding ortho intramolecular Hbond substituents is 1. The van der Waals surface area contributed by atoms with Crippen LogP contribution in [0, 0.1) is 6.92 Å². The Morgan fingerprint density at radius 2 is 2.05 bits per heavy atom. The molecular weight excluding hydrogens is 286 g/mol. The molecule has 4 nitrogen and oxygen atoms in total. The fourth-order valence-corrected chi connectivity index (χ4v) is 3.59. The average Bonchev–Trinajstić information content (AvgIpc) is 3.05. The average molecular weight is 303 g/mol. The van der Waals surface area contributed by atoms with E-state index in [1.807, 2.05) is 36.1 Å². The van der Waals surface area contributed by atoms with Crippen LogP contribution >= 0.6 is 11.8 Å². The summed E-state index contributed by atoms with van der Waals surface area (Å²) in [6, 6.07) is 11.0. The summed E-state index contributed by atoms with van der Waals surface area (Å²) in [5, 5.41) is 9.27. The van der Waals surface area contributed by atoms with E-state index in [0.29, 0.717) is 12.3 Å². The first-order valence-corrected chi connectivity index (χ1v) is 7.93. The first kappa shape index (κ1) is 14.1. The third kappa shape index (κ3) is 3.08. The molecule has 110 valence electrons. The maximum Gasteiger partial charge on any atom is 0.233 e. The number of nitrogens with zero attached hydrogens (tertiary/aromatic N) is 1. The summed E-state index contributed by atoms with van der Waals surface area (Å²) in [5.74, 6) is 2.62. The molecule has 0 bridgehead atoms. The van der Waals surface area contributed by atoms with Gasteiger partial charge >= 0.3 is 0 Å². The van der Waals surface area contributed by atoms with E-state index >= 15 is 0 Å². The number of phenols is 1. The molecule has 0 saturated carbocycles. The molecule has 0 radical (unpaired) electrons. The first-order chi connectivity index (χ1) is 10.1. The molecular formula is C16H17NO3S. The molecule has 21 heavy (non-hydrogen) atoms. The number of hydrogen-bond acceptors (Lipinski definition) is 4. The number of aryl methyl sites for hydroxylation is 1. The Labute approximate surface area is 127 Å². The molecule has 1 N–H and O–H groups in total. The maximum atomic E-state index is 12.1. The second-order valence-corrected chi connectivity index (χ2v) is 6.18. The van der Waals surface area contributed by atoms with Crippen LogP contribution in [0.3, 0.4) is 0 Å². The number of carbonyl (C=O) groups excluding carboxylic acids is 1. The van der Waals surface area contributed by atoms with E-state index in [2.05, 4.69) is 0 Å². The van der Waals surface area contributed by atoms with E-state index in [1.165, 1.54) is 0 Å². The van der Waals surface area contributed by atoms with Crippen molar-refractivity contribution < 1.29 is 14.3 Å². The summed E-state index contributed by atoms with van der Waals surface area (Å²) >= 11 is 1.61. The molecule has 1 aromatic heterocycles. The normalized spacial score (nSPS) is 18.4. The monoisotopic (exact) mass is 303 g/mol. The molecule has 2 heterocycles. The second-order valence-electron chi connectivity index (χ2n) is 5.12. The summed E-state index contributed by atoms with van der Waals surface area (Å²) in [6.07, 6.45) is 0.767. The van der Waals surface area contributed by atoms with Gasteiger partial charge in [0.25, 0.3) is 0 Å². The first-order valence-electron chi connectivity index (χ1n) is 6.89. The van der Waals surface area contributed by atoms with E-state index in [9.17, 15) is 9.90 Å². The molecule has 1 atom stereocenters. The number of rotatable bonds is 4. The van der Waals surface area contributed by atoms with Gasteiger partial charge in [0.15, 0.2) is 0 Å². The topological polar surface area (TPSA) is 53.7 Å². The zero-order valence-electron chi connectivity index (χ0n) is 11.8. The molecule has 1 amide bonds. The van der Waals surface area contributed by atoms with Crippen LogP contribution < -0.4 is 0 Å². The standard InChI is InChI=1S/C16H17NO3S/c1-11-2-7-14(20-11)16-17(15(19)10-21-16)9-8-12-3-5-13(18)6-4-12/h2-7,16,18H,8-10H2,1H3. The van der Waals surface area contributed by atoms with Crippen molar-refractivity contribution in [3.63, 3.8) is 0 Å². The van der Waals surface area contributed by atoms with E-state index in [-0.39, 0.29) is 17.0 Å². The van der Waals surface area contributed by atoms with Crippen molar-refractivity contribution in [2.45, 2.75) is 18.7 Å². The predicted octanol–water partition coefficient (Wildman–Crippen LogP) is 3.11. The molecule has 5 heteroatoms. The fraction of sp³-hybridized carbons (Fsp3) is 0.312. The fourth-order valence-electron chi connectivity index (χ4n) is 2.43. The van der Waals surface area contributed by atoms with Gasteiger partial charge in [0.05, 0.1) is 5.75 Å². The van der Waals surface area contributed by atoms with Gasteiger partial charge < -0.3 is 14.4 Å². The van der Waals surface area contributed by atoms with Gasteiger partial charge in [0, 0.05) is 6.54 Å². The van der Waals surface area contributed by atoms with Gasteiger partial charge in [-0.2, -0.15) is 0 Å². The molecule has 3 rings (SSSR count). The van der Waals surface area contributed by atoms with Crippen LogP contribution in [-0.4, -0.2) is 28.2 Å². The van der Waals surface area contributed by atoms with Crippen molar-refractivity contribution in [3.05, 3.63) is 53.5 Å². The lowest BCUT2D eigenvalue weighted by Gasteiger charge is -2.22. The SMILES string of the molecule is Cc1ccc(C2SCC(=O)N2CCc2ccc(O)cc2)o1. The molecule has 1 aliphatic rings. The zero-order valence-corrected chi connectivity index (χ0v) is 12.6. The minimum Gasteiger partial charge on any atom is -0.508 e. The van der Waals surface area contributed by atoms with Gasteiger partial charge in [0.2, 0.25) is 5.91 Å². The maximum absolute atomic E-state index is 12.1. The minimum absolute atomic E-state index is 0.0247. The van der Waals surface area contributed by atoms with E-state index < -0.39 is 0 Å². The van der Waals surface area contributed by atoms with Crippen molar-refractivity contribution in [3.8, 4) is 5.75 Å². The number of aromatic hydroxyl groups is 1. The highest BCUT2D eigenvalue weighted by Crippen LogP contribution is 2.39. The number of hydrogen-bond donors (Lipinski definition) is 1. The zero-order chi connectivity index (χ0) is 14.8. The van der Waals surface area contributed by atoms with Crippen molar-refractivity contribution in [2.24, 2.45) is 0 Å². The lowest BCUT2D eigenvalue weighted by atomic mass is 10.1. The minimum atomic E-state index is -0.0247. The highest BCUT2D eigenvalue weighted by molar-refractivity contribution is 8.00. The van der Waals surface area contributed by atoms with Crippen molar-refractivity contribution >= 4 is 17.7 Å². The summed E-state index contributed by atoms with van der Waals surface area (Å²) in [6.45, 7) is 2.56. The van der Waals surface area contributed by atoms with Crippen LogP contribution in [0.2, 0.25) is 0 Å². The van der Waals surface area contributed by atoms with Gasteiger partial charge in [-0.05, 0) is 43.2 Å². The number of benzene rings is 1. The smallest absolute Gasteiger partial charge is 0.233 e. The third-order valence-electron chi connectivity index (χ3n) is 3.55. The summed E-state index contributed by atoms with van der Waals surface area (Å²) in [4.78, 5) is 13.9. The number of furan rings is 1. The van der Waals surface area contributed by atoms with E-state index in [0.717, 1.165) is 23.5 Å². The molecule has 2 aromatic rings. The van der Waals surface area contributed by atoms with Crippen molar-refractivity contribution in [1.82, 2.24) is 4.90 Å². The van der Waals surface area contributed by atoms with Gasteiger partial charge in [0.1, 0.15) is 22.6 Å². The highest BCUT2D eigenvalue weighted by Gasteiger charge is 2.34. The number of amides is 1. The molecule has 1 aromatic carbocycles. The van der Waals surface area contributed by atoms with E-state index in [4.69, 9.17) is 4.42 Å². The van der Waals surface area contributed by atoms with E-state index in [1.54, 1.807) is 23.9 Å². The molecule has 1 fully saturated rings. The van der Waals surface area contributed by atoms with Crippen molar-refractivity contribution in [1.29, 1.82) is 0 Å².